The number of hydrogen-bond donors (Lipinski definition) is 0. The molecule has 0 atom stereocenters. The van der Waals surface area contributed by atoms with E-state index >= 15 is 0 Å². The first kappa shape index (κ1) is 17.9. The molecule has 1 aromatic rings. The standard InChI is InChI=1S/C14H20N2O5S2/c1-12(17)15-7-4-8-16(10-9-15)23(20,21)14-6-3-5-13(11-14)22(2,18)19/h3,5-6,11H,4,7-10H2,1-2H3. The number of rotatable bonds is 3. The lowest BCUT2D eigenvalue weighted by atomic mass is 10.4. The van der Waals surface area contributed by atoms with Crippen molar-refractivity contribution >= 4 is 25.8 Å². The topological polar surface area (TPSA) is 91.8 Å². The Labute approximate surface area is 136 Å². The van der Waals surface area contributed by atoms with Gasteiger partial charge in [-0.1, -0.05) is 6.07 Å². The third-order valence-electron chi connectivity index (χ3n) is 3.77. The molecule has 1 aromatic carbocycles. The average Bonchev–Trinajstić information content (AvgIpc) is 2.73. The van der Waals surface area contributed by atoms with Crippen LogP contribution in [0.3, 0.4) is 0 Å². The van der Waals surface area contributed by atoms with Gasteiger partial charge < -0.3 is 4.90 Å². The SMILES string of the molecule is CC(=O)N1CCCN(S(=O)(=O)c2cccc(S(C)(=O)=O)c2)CC1. The van der Waals surface area contributed by atoms with E-state index in [1.54, 1.807) is 4.90 Å². The quantitative estimate of drug-likeness (QED) is 0.775. The molecule has 0 radical (unpaired) electrons. The van der Waals surface area contributed by atoms with E-state index < -0.39 is 19.9 Å². The van der Waals surface area contributed by atoms with E-state index in [0.29, 0.717) is 26.1 Å². The van der Waals surface area contributed by atoms with Gasteiger partial charge in [-0.2, -0.15) is 4.31 Å². The Balaban J connectivity index is 2.30. The largest absolute Gasteiger partial charge is 0.342 e. The van der Waals surface area contributed by atoms with Crippen LogP contribution in [0.4, 0.5) is 0 Å². The highest BCUT2D eigenvalue weighted by atomic mass is 32.2. The molecule has 1 amide bonds. The van der Waals surface area contributed by atoms with E-state index in [4.69, 9.17) is 0 Å². The van der Waals surface area contributed by atoms with Gasteiger partial charge in [-0.3, -0.25) is 4.79 Å². The van der Waals surface area contributed by atoms with Crippen molar-refractivity contribution in [1.82, 2.24) is 9.21 Å². The molecule has 9 heteroatoms. The number of hydrogen-bond acceptors (Lipinski definition) is 5. The molecule has 0 bridgehead atoms. The maximum atomic E-state index is 12.7. The van der Waals surface area contributed by atoms with Crippen molar-refractivity contribution < 1.29 is 21.6 Å². The maximum Gasteiger partial charge on any atom is 0.243 e. The lowest BCUT2D eigenvalue weighted by Gasteiger charge is -2.21. The van der Waals surface area contributed by atoms with Gasteiger partial charge in [-0.25, -0.2) is 16.8 Å². The zero-order valence-electron chi connectivity index (χ0n) is 13.1. The summed E-state index contributed by atoms with van der Waals surface area (Å²) in [5.74, 6) is -0.0803. The molecule has 0 aliphatic carbocycles. The zero-order chi connectivity index (χ0) is 17.3. The molecule has 7 nitrogen and oxygen atoms in total. The first-order valence-corrected chi connectivity index (χ1v) is 10.5. The highest BCUT2D eigenvalue weighted by Crippen LogP contribution is 2.21. The van der Waals surface area contributed by atoms with Crippen molar-refractivity contribution in [1.29, 1.82) is 0 Å². The van der Waals surface area contributed by atoms with Crippen LogP contribution in [-0.2, 0) is 24.7 Å². The number of benzene rings is 1. The predicted octanol–water partition coefficient (Wildman–Crippen LogP) is 0.333. The number of sulfone groups is 1. The molecule has 1 aliphatic heterocycles. The first-order chi connectivity index (χ1) is 10.6. The van der Waals surface area contributed by atoms with E-state index in [9.17, 15) is 21.6 Å². The van der Waals surface area contributed by atoms with Crippen molar-refractivity contribution in [3.8, 4) is 0 Å². The molecule has 2 rings (SSSR count). The van der Waals surface area contributed by atoms with E-state index in [2.05, 4.69) is 0 Å². The fourth-order valence-corrected chi connectivity index (χ4v) is 4.72. The second-order valence-corrected chi connectivity index (χ2v) is 9.46. The number of amides is 1. The normalized spacial score (nSPS) is 17.7. The minimum Gasteiger partial charge on any atom is -0.342 e. The second-order valence-electron chi connectivity index (χ2n) is 5.51. The lowest BCUT2D eigenvalue weighted by Crippen LogP contribution is -2.36. The Bertz CT molecular complexity index is 802. The van der Waals surface area contributed by atoms with Crippen molar-refractivity contribution in [3.63, 3.8) is 0 Å². The van der Waals surface area contributed by atoms with E-state index in [-0.39, 0.29) is 22.2 Å². The van der Waals surface area contributed by atoms with Crippen molar-refractivity contribution in [2.24, 2.45) is 0 Å². The van der Waals surface area contributed by atoms with Crippen LogP contribution < -0.4 is 0 Å². The van der Waals surface area contributed by atoms with Gasteiger partial charge in [0.1, 0.15) is 0 Å². The molecule has 0 N–H and O–H groups in total. The molecule has 1 saturated heterocycles. The monoisotopic (exact) mass is 360 g/mol. The number of nitrogens with zero attached hydrogens (tertiary/aromatic N) is 2. The molecule has 23 heavy (non-hydrogen) atoms. The van der Waals surface area contributed by atoms with Crippen LogP contribution in [-0.4, -0.2) is 64.4 Å². The Morgan fingerprint density at radius 2 is 1.65 bits per heavy atom. The second kappa shape index (κ2) is 6.58. The fourth-order valence-electron chi connectivity index (χ4n) is 2.46. The van der Waals surface area contributed by atoms with Gasteiger partial charge in [0, 0.05) is 39.4 Å². The summed E-state index contributed by atoms with van der Waals surface area (Å²) in [6, 6.07) is 5.35. The van der Waals surface area contributed by atoms with Crippen LogP contribution >= 0.6 is 0 Å². The number of carbonyl (C=O) groups is 1. The summed E-state index contributed by atoms with van der Waals surface area (Å²) in [5.41, 5.74) is 0. The van der Waals surface area contributed by atoms with Crippen LogP contribution in [0.15, 0.2) is 34.1 Å². The third kappa shape index (κ3) is 4.10. The molecule has 1 heterocycles. The minimum atomic E-state index is -3.79. The lowest BCUT2D eigenvalue weighted by molar-refractivity contribution is -0.128. The third-order valence-corrected chi connectivity index (χ3v) is 6.78. The van der Waals surface area contributed by atoms with Gasteiger partial charge in [0.05, 0.1) is 9.79 Å². The van der Waals surface area contributed by atoms with Crippen LogP contribution in [0, 0.1) is 0 Å². The Kier molecular flexibility index (Phi) is 5.12. The van der Waals surface area contributed by atoms with Crippen LogP contribution in [0.2, 0.25) is 0 Å². The molecule has 0 spiro atoms. The summed E-state index contributed by atoms with van der Waals surface area (Å²) in [5, 5.41) is 0. The Hall–Kier alpha value is -1.45. The van der Waals surface area contributed by atoms with Gasteiger partial charge in [-0.15, -0.1) is 0 Å². The van der Waals surface area contributed by atoms with Crippen LogP contribution in [0.1, 0.15) is 13.3 Å². The van der Waals surface area contributed by atoms with Crippen molar-refractivity contribution in [2.45, 2.75) is 23.1 Å². The van der Waals surface area contributed by atoms with Gasteiger partial charge >= 0.3 is 0 Å². The van der Waals surface area contributed by atoms with Gasteiger partial charge in [0.25, 0.3) is 0 Å². The summed E-state index contributed by atoms with van der Waals surface area (Å²) in [7, 11) is -7.27. The smallest absolute Gasteiger partial charge is 0.243 e. The summed E-state index contributed by atoms with van der Waals surface area (Å²) in [4.78, 5) is 13.0. The summed E-state index contributed by atoms with van der Waals surface area (Å²) >= 11 is 0. The molecular weight excluding hydrogens is 340 g/mol. The number of sulfonamides is 1. The van der Waals surface area contributed by atoms with E-state index in [1.807, 2.05) is 0 Å². The predicted molar refractivity (Wildman–Crippen MR) is 85.2 cm³/mol. The molecule has 1 fully saturated rings. The molecule has 0 saturated carbocycles. The molecule has 128 valence electrons. The molecule has 0 aromatic heterocycles. The molecule has 0 unspecified atom stereocenters. The minimum absolute atomic E-state index is 0.0289. The molecule has 1 aliphatic rings. The highest BCUT2D eigenvalue weighted by molar-refractivity contribution is 7.91. The van der Waals surface area contributed by atoms with Gasteiger partial charge in [0.15, 0.2) is 9.84 Å². The first-order valence-electron chi connectivity index (χ1n) is 7.18. The average molecular weight is 360 g/mol. The van der Waals surface area contributed by atoms with Crippen LogP contribution in [0.25, 0.3) is 0 Å². The van der Waals surface area contributed by atoms with Crippen molar-refractivity contribution in [3.05, 3.63) is 24.3 Å². The Morgan fingerprint density at radius 1 is 1.00 bits per heavy atom. The summed E-state index contributed by atoms with van der Waals surface area (Å²) in [6.07, 6.45) is 1.58. The van der Waals surface area contributed by atoms with Gasteiger partial charge in [-0.05, 0) is 24.6 Å². The number of carbonyl (C=O) groups excluding carboxylic acids is 1. The molecular formula is C14H20N2O5S2. The maximum absolute atomic E-state index is 12.7. The highest BCUT2D eigenvalue weighted by Gasteiger charge is 2.28. The van der Waals surface area contributed by atoms with E-state index in [0.717, 1.165) is 6.26 Å². The summed E-state index contributed by atoms with van der Waals surface area (Å²) < 4.78 is 50.0. The van der Waals surface area contributed by atoms with E-state index in [1.165, 1.54) is 35.5 Å². The fraction of sp³-hybridized carbons (Fsp3) is 0.500. The van der Waals surface area contributed by atoms with Crippen molar-refractivity contribution in [2.75, 3.05) is 32.4 Å². The van der Waals surface area contributed by atoms with Crippen LogP contribution in [0.5, 0.6) is 0 Å². The summed E-state index contributed by atoms with van der Waals surface area (Å²) in [6.45, 7) is 2.81. The van der Waals surface area contributed by atoms with Gasteiger partial charge in [0.2, 0.25) is 15.9 Å². The Morgan fingerprint density at radius 3 is 2.26 bits per heavy atom. The zero-order valence-corrected chi connectivity index (χ0v) is 14.7.